The molecule has 2 aliphatic rings. The molecule has 5 heteroatoms. The van der Waals surface area contributed by atoms with Gasteiger partial charge in [-0.25, -0.2) is 0 Å². The van der Waals surface area contributed by atoms with Crippen molar-refractivity contribution in [1.29, 1.82) is 0 Å². The molecule has 3 aromatic rings. The van der Waals surface area contributed by atoms with Gasteiger partial charge < -0.3 is 13.9 Å². The SMILES string of the molecule is CC#C[C@@H](CC(=O)OC)c1ccc(OCC2=C[C@]3(CCC2)CC[C@@H](O[Si](c2ccccc2)(c2ccccc2)C(C)(C)C)C3)cc1. The van der Waals surface area contributed by atoms with Gasteiger partial charge in [0, 0.05) is 6.10 Å². The van der Waals surface area contributed by atoms with Crippen LogP contribution < -0.4 is 15.1 Å². The van der Waals surface area contributed by atoms with E-state index >= 15 is 0 Å². The average Bonchev–Trinajstić information content (AvgIpc) is 3.43. The fourth-order valence-electron chi connectivity index (χ4n) is 7.51. The summed E-state index contributed by atoms with van der Waals surface area (Å²) in [6.07, 6.45) is 9.80. The van der Waals surface area contributed by atoms with Crippen molar-refractivity contribution in [3.8, 4) is 17.6 Å². The van der Waals surface area contributed by atoms with Gasteiger partial charge in [0.15, 0.2) is 0 Å². The maximum absolute atomic E-state index is 11.9. The van der Waals surface area contributed by atoms with Gasteiger partial charge >= 0.3 is 5.97 Å². The first kappa shape index (κ1) is 32.8. The van der Waals surface area contributed by atoms with Crippen LogP contribution in [0.25, 0.3) is 0 Å². The third-order valence-corrected chi connectivity index (χ3v) is 14.8. The number of rotatable bonds is 10. The molecule has 3 atom stereocenters. The molecule has 0 amide bonds. The largest absolute Gasteiger partial charge is 0.489 e. The molecular weight excluding hydrogens is 573 g/mol. The summed E-state index contributed by atoms with van der Waals surface area (Å²) in [5.41, 5.74) is 2.56. The normalized spacial score (nSPS) is 20.6. The Morgan fingerprint density at radius 3 is 2.18 bits per heavy atom. The minimum atomic E-state index is -2.58. The van der Waals surface area contributed by atoms with Gasteiger partial charge in [-0.3, -0.25) is 4.79 Å². The lowest BCUT2D eigenvalue weighted by Gasteiger charge is -2.45. The minimum Gasteiger partial charge on any atom is -0.489 e. The van der Waals surface area contributed by atoms with Gasteiger partial charge in [0.05, 0.1) is 19.4 Å². The van der Waals surface area contributed by atoms with Crippen LogP contribution in [0.4, 0.5) is 0 Å². The number of hydrogen-bond acceptors (Lipinski definition) is 4. The molecule has 0 heterocycles. The van der Waals surface area contributed by atoms with Gasteiger partial charge in [0.1, 0.15) is 12.4 Å². The lowest BCUT2D eigenvalue weighted by Crippen LogP contribution is -2.67. The van der Waals surface area contributed by atoms with E-state index in [0.29, 0.717) is 6.61 Å². The summed E-state index contributed by atoms with van der Waals surface area (Å²) >= 11 is 0. The minimum absolute atomic E-state index is 0.0230. The van der Waals surface area contributed by atoms with E-state index in [1.165, 1.54) is 35.9 Å². The molecule has 0 saturated heterocycles. The van der Waals surface area contributed by atoms with Gasteiger partial charge in [-0.1, -0.05) is 106 Å². The quantitative estimate of drug-likeness (QED) is 0.0999. The molecule has 4 nitrogen and oxygen atoms in total. The van der Waals surface area contributed by atoms with E-state index in [-0.39, 0.29) is 34.9 Å². The highest BCUT2D eigenvalue weighted by atomic mass is 28.4. The van der Waals surface area contributed by atoms with Crippen molar-refractivity contribution in [3.05, 3.63) is 102 Å². The van der Waals surface area contributed by atoms with Crippen LogP contribution >= 0.6 is 0 Å². The van der Waals surface area contributed by atoms with Crippen LogP contribution in [0.3, 0.4) is 0 Å². The van der Waals surface area contributed by atoms with Crippen LogP contribution in [-0.4, -0.2) is 34.1 Å². The smallest absolute Gasteiger partial charge is 0.307 e. The number of ether oxygens (including phenoxy) is 2. The number of esters is 1. The summed E-state index contributed by atoms with van der Waals surface area (Å²) in [7, 11) is -1.17. The number of benzene rings is 3. The lowest BCUT2D eigenvalue weighted by molar-refractivity contribution is -0.140. The Bertz CT molecular complexity index is 1470. The number of carbonyl (C=O) groups excluding carboxylic acids is 1. The van der Waals surface area contributed by atoms with Crippen molar-refractivity contribution in [3.63, 3.8) is 0 Å². The van der Waals surface area contributed by atoms with Crippen molar-refractivity contribution in [2.75, 3.05) is 13.7 Å². The Kier molecular flexibility index (Phi) is 10.4. The maximum atomic E-state index is 11.9. The van der Waals surface area contributed by atoms with Crippen LogP contribution in [-0.2, 0) is 14.0 Å². The molecule has 1 fully saturated rings. The van der Waals surface area contributed by atoms with Gasteiger partial charge in [-0.05, 0) is 89.5 Å². The van der Waals surface area contributed by atoms with E-state index in [2.05, 4.69) is 99.4 Å². The molecule has 1 saturated carbocycles. The van der Waals surface area contributed by atoms with E-state index in [1.807, 2.05) is 24.3 Å². The second-order valence-corrected chi connectivity index (χ2v) is 18.0. The Labute approximate surface area is 271 Å². The van der Waals surface area contributed by atoms with Crippen LogP contribution in [0.15, 0.2) is 96.6 Å². The summed E-state index contributed by atoms with van der Waals surface area (Å²) in [6.45, 7) is 9.48. The Hall–Kier alpha value is -3.59. The number of carbonyl (C=O) groups is 1. The molecule has 236 valence electrons. The number of methoxy groups -OCH3 is 1. The zero-order chi connectivity index (χ0) is 31.9. The van der Waals surface area contributed by atoms with E-state index in [1.54, 1.807) is 6.92 Å². The fourth-order valence-corrected chi connectivity index (χ4v) is 12.2. The molecule has 2 aliphatic carbocycles. The highest BCUT2D eigenvalue weighted by molar-refractivity contribution is 6.99. The highest BCUT2D eigenvalue weighted by Gasteiger charge is 2.53. The third kappa shape index (κ3) is 7.46. The van der Waals surface area contributed by atoms with Crippen molar-refractivity contribution in [1.82, 2.24) is 0 Å². The Morgan fingerprint density at radius 1 is 0.956 bits per heavy atom. The molecule has 0 radical (unpaired) electrons. The molecular formula is C40H48O4Si. The third-order valence-electron chi connectivity index (χ3n) is 9.67. The summed E-state index contributed by atoms with van der Waals surface area (Å²) in [4.78, 5) is 11.9. The summed E-state index contributed by atoms with van der Waals surface area (Å²) in [5.74, 6) is 6.46. The van der Waals surface area contributed by atoms with Gasteiger partial charge in [-0.2, -0.15) is 0 Å². The van der Waals surface area contributed by atoms with Crippen molar-refractivity contribution < 1.29 is 18.7 Å². The monoisotopic (exact) mass is 620 g/mol. The zero-order valence-corrected chi connectivity index (χ0v) is 28.6. The first-order valence-electron chi connectivity index (χ1n) is 16.4. The Balaban J connectivity index is 1.30. The van der Waals surface area contributed by atoms with Gasteiger partial charge in [-0.15, -0.1) is 5.92 Å². The fraction of sp³-hybridized carbons (Fsp3) is 0.425. The van der Waals surface area contributed by atoms with Gasteiger partial charge in [0.2, 0.25) is 0 Å². The molecule has 45 heavy (non-hydrogen) atoms. The lowest BCUT2D eigenvalue weighted by atomic mass is 9.75. The summed E-state index contributed by atoms with van der Waals surface area (Å²) < 4.78 is 18.7. The molecule has 0 aromatic heterocycles. The van der Waals surface area contributed by atoms with Crippen LogP contribution in [0.1, 0.15) is 84.1 Å². The van der Waals surface area contributed by atoms with Crippen LogP contribution in [0.5, 0.6) is 5.75 Å². The summed E-state index contributed by atoms with van der Waals surface area (Å²) in [6, 6.07) is 30.0. The standard InChI is InChI=1S/C40H48O4Si/c1-6-14-33(27-38(41)42-5)32-20-22-34(23-21-32)43-30-31-15-13-25-40(28-31)26-24-35(29-40)44-45(39(2,3)4,36-16-9-7-10-17-36)37-18-11-8-12-19-37/h7-12,16-23,28,33,35H,13,15,24-27,29-30H2,1-5H3/t33-,35+,40-/m0/s1. The number of hydrogen-bond donors (Lipinski definition) is 0. The number of allylic oxidation sites excluding steroid dienone is 1. The molecule has 0 N–H and O–H groups in total. The Morgan fingerprint density at radius 2 is 1.60 bits per heavy atom. The molecule has 0 aliphatic heterocycles. The van der Waals surface area contributed by atoms with E-state index in [9.17, 15) is 4.79 Å². The van der Waals surface area contributed by atoms with Crippen molar-refractivity contribution >= 4 is 24.7 Å². The predicted octanol–water partition coefficient (Wildman–Crippen LogP) is 7.96. The molecule has 0 unspecified atom stereocenters. The van der Waals surface area contributed by atoms with Crippen molar-refractivity contribution in [2.24, 2.45) is 5.41 Å². The van der Waals surface area contributed by atoms with Crippen molar-refractivity contribution in [2.45, 2.75) is 89.7 Å². The molecule has 0 bridgehead atoms. The highest BCUT2D eigenvalue weighted by Crippen LogP contribution is 2.50. The van der Waals surface area contributed by atoms with Crippen LogP contribution in [0.2, 0.25) is 5.04 Å². The van der Waals surface area contributed by atoms with E-state index in [4.69, 9.17) is 13.9 Å². The maximum Gasteiger partial charge on any atom is 0.307 e. The molecule has 1 spiro atoms. The van der Waals surface area contributed by atoms with E-state index in [0.717, 1.165) is 37.0 Å². The topological polar surface area (TPSA) is 44.8 Å². The average molecular weight is 621 g/mol. The van der Waals surface area contributed by atoms with E-state index < -0.39 is 8.32 Å². The van der Waals surface area contributed by atoms with Gasteiger partial charge in [0.25, 0.3) is 8.32 Å². The predicted molar refractivity (Wildman–Crippen MR) is 185 cm³/mol. The first-order chi connectivity index (χ1) is 21.7. The van der Waals surface area contributed by atoms with Crippen LogP contribution in [0, 0.1) is 17.3 Å². The molecule has 5 rings (SSSR count). The second-order valence-electron chi connectivity index (χ2n) is 13.7. The summed E-state index contributed by atoms with van der Waals surface area (Å²) in [5, 5.41) is 2.68. The zero-order valence-electron chi connectivity index (χ0n) is 27.6. The molecule has 3 aromatic carbocycles. The first-order valence-corrected chi connectivity index (χ1v) is 18.3. The second kappa shape index (κ2) is 14.2.